The number of hydrogen-bond acceptors (Lipinski definition) is 6. The van der Waals surface area contributed by atoms with Crippen LogP contribution in [0, 0.1) is 6.92 Å². The molecule has 4 aromatic rings. The second-order valence-electron chi connectivity index (χ2n) is 9.82. The average molecular weight is 492 g/mol. The van der Waals surface area contributed by atoms with Crippen molar-refractivity contribution < 1.29 is 4.79 Å². The lowest BCUT2D eigenvalue weighted by atomic mass is 9.17. The minimum atomic E-state index is -2.15. The molecule has 1 aliphatic heterocycles. The zero-order valence-electron chi connectivity index (χ0n) is 21.3. The number of fused-ring (bicyclic) bond motifs is 1. The Morgan fingerprint density at radius 1 is 0.821 bits per heavy atom. The molecule has 16 radical (unpaired) electrons. The molecule has 8 nitrogen and oxygen atoms in total. The van der Waals surface area contributed by atoms with Crippen molar-refractivity contribution in [3.63, 3.8) is 0 Å². The first-order chi connectivity index (χ1) is 18.1. The molecule has 0 atom stereocenters. The van der Waals surface area contributed by atoms with Crippen molar-refractivity contribution in [1.82, 2.24) is 24.5 Å². The van der Waals surface area contributed by atoms with E-state index >= 15 is 0 Å². The molecule has 0 aliphatic carbocycles. The van der Waals surface area contributed by atoms with Crippen LogP contribution >= 0.6 is 0 Å². The van der Waals surface area contributed by atoms with E-state index in [4.69, 9.17) is 62.8 Å². The first-order valence-electron chi connectivity index (χ1n) is 11.7. The molecule has 5 rings (SSSR count). The van der Waals surface area contributed by atoms with Crippen LogP contribution in [0.3, 0.4) is 0 Å². The van der Waals surface area contributed by atoms with Gasteiger partial charge in [0.1, 0.15) is 17.5 Å². The molecule has 0 unspecified atom stereocenters. The fraction of sp³-hybridized carbons (Fsp3) is 0.261. The largest absolute Gasteiger partial charge is 0.382 e. The summed E-state index contributed by atoms with van der Waals surface area (Å²) in [6, 6.07) is 6.43. The fourth-order valence-corrected chi connectivity index (χ4v) is 4.57. The van der Waals surface area contributed by atoms with Crippen molar-refractivity contribution in [3.8, 4) is 11.4 Å². The molecule has 0 spiro atoms. The smallest absolute Gasteiger partial charge is 0.257 e. The Labute approximate surface area is 237 Å². The second kappa shape index (κ2) is 8.86. The molecule has 172 valence electrons. The van der Waals surface area contributed by atoms with Crippen LogP contribution in [0.4, 0.5) is 11.6 Å². The van der Waals surface area contributed by atoms with Crippen molar-refractivity contribution in [1.29, 1.82) is 0 Å². The minimum absolute atomic E-state index is 0.0237. The van der Waals surface area contributed by atoms with E-state index in [-0.39, 0.29) is 11.4 Å². The Bertz CT molecular complexity index is 1600. The van der Waals surface area contributed by atoms with Crippen LogP contribution < -0.4 is 10.2 Å². The number of nitrogens with zero attached hydrogens (tertiary/aromatic N) is 6. The van der Waals surface area contributed by atoms with E-state index in [1.807, 2.05) is 24.6 Å². The van der Waals surface area contributed by atoms with Crippen LogP contribution in [0.2, 0.25) is 10.4 Å². The molecule has 4 aromatic heterocycles. The molecule has 5 heterocycles. The predicted molar refractivity (Wildman–Crippen MR) is 158 cm³/mol. The van der Waals surface area contributed by atoms with Gasteiger partial charge in [-0.05, 0) is 47.3 Å². The summed E-state index contributed by atoms with van der Waals surface area (Å²) in [5.41, 5.74) is 1.73. The quantitative estimate of drug-likeness (QED) is 0.394. The van der Waals surface area contributed by atoms with Gasteiger partial charge in [0.25, 0.3) is 5.91 Å². The Kier molecular flexibility index (Phi) is 6.20. The molecule has 0 saturated carbocycles. The van der Waals surface area contributed by atoms with Crippen molar-refractivity contribution in [3.05, 3.63) is 60.4 Å². The normalized spacial score (nSPS) is 18.7. The van der Waals surface area contributed by atoms with Crippen molar-refractivity contribution in [2.24, 2.45) is 7.05 Å². The summed E-state index contributed by atoms with van der Waals surface area (Å²) in [4.78, 5) is 31.5. The van der Waals surface area contributed by atoms with E-state index in [1.165, 1.54) is 18.3 Å². The maximum Gasteiger partial charge on any atom is 0.257 e. The zero-order chi connectivity index (χ0) is 28.5. The van der Waals surface area contributed by atoms with E-state index < -0.39 is 27.0 Å². The number of anilines is 2. The van der Waals surface area contributed by atoms with Gasteiger partial charge >= 0.3 is 0 Å². The Morgan fingerprint density at radius 3 is 2.08 bits per heavy atom. The number of carbonyl (C=O) groups excluding carboxylic acids is 1. The van der Waals surface area contributed by atoms with Gasteiger partial charge in [-0.1, -0.05) is 0 Å². The minimum Gasteiger partial charge on any atom is -0.382 e. The number of imidazole rings is 1. The summed E-state index contributed by atoms with van der Waals surface area (Å²) in [6.07, 6.45) is 6.40. The number of nitrogens with one attached hydrogen (secondary N) is 1. The van der Waals surface area contributed by atoms with Gasteiger partial charge in [-0.25, -0.2) is 15.0 Å². The summed E-state index contributed by atoms with van der Waals surface area (Å²) in [7, 11) is 51.2. The van der Waals surface area contributed by atoms with Gasteiger partial charge in [0.2, 0.25) is 0 Å². The van der Waals surface area contributed by atoms with Gasteiger partial charge in [-0.3, -0.25) is 9.78 Å². The van der Waals surface area contributed by atoms with Crippen LogP contribution in [0.1, 0.15) is 16.2 Å². The van der Waals surface area contributed by atoms with Crippen LogP contribution in [0.25, 0.3) is 22.2 Å². The van der Waals surface area contributed by atoms with E-state index in [9.17, 15) is 4.79 Å². The Morgan fingerprint density at radius 2 is 1.46 bits per heavy atom. The first kappa shape index (κ1) is 27.3. The number of aromatic nitrogens is 5. The van der Waals surface area contributed by atoms with Gasteiger partial charge in [-0.15, -0.1) is 10.4 Å². The van der Waals surface area contributed by atoms with Gasteiger partial charge < -0.3 is 14.8 Å². The molecular formula is C23H15B8N7O. The average Bonchev–Trinajstić information content (AvgIpc) is 3.23. The predicted octanol–water partition coefficient (Wildman–Crippen LogP) is -0.306. The Balaban J connectivity index is 1.45. The SMILES string of the molecule is [B]C1([B])N(c2cc(C(=O)Nc3cc4cc(-c5cnc(C)n5C)ncc4cn3)ccn2)C([B])([B])C([B])([B])C1([B])[B]. The summed E-state index contributed by atoms with van der Waals surface area (Å²) in [5.74, 6) is 0.620. The van der Waals surface area contributed by atoms with Gasteiger partial charge in [-0.2, -0.15) is 0 Å². The van der Waals surface area contributed by atoms with E-state index in [1.54, 1.807) is 24.7 Å². The lowest BCUT2D eigenvalue weighted by Gasteiger charge is -2.49. The van der Waals surface area contributed by atoms with Gasteiger partial charge in [0.15, 0.2) is 0 Å². The summed E-state index contributed by atoms with van der Waals surface area (Å²) >= 11 is 0. The molecule has 0 aromatic carbocycles. The van der Waals surface area contributed by atoms with Crippen LogP contribution in [-0.4, -0.2) is 104 Å². The summed E-state index contributed by atoms with van der Waals surface area (Å²) in [5, 5.41) is -4.22. The van der Waals surface area contributed by atoms with Crippen molar-refractivity contribution in [2.45, 2.75) is 28.0 Å². The molecule has 0 bridgehead atoms. The first-order valence-corrected chi connectivity index (χ1v) is 11.7. The molecule has 1 N–H and O–H groups in total. The third-order valence-electron chi connectivity index (χ3n) is 7.31. The topological polar surface area (TPSA) is 88.8 Å². The fourth-order valence-electron chi connectivity index (χ4n) is 4.57. The van der Waals surface area contributed by atoms with Crippen LogP contribution in [0.5, 0.6) is 0 Å². The van der Waals surface area contributed by atoms with Gasteiger partial charge in [0.05, 0.1) is 80.4 Å². The second-order valence-corrected chi connectivity index (χ2v) is 9.82. The number of amides is 1. The monoisotopic (exact) mass is 493 g/mol. The molecule has 1 amide bonds. The zero-order valence-corrected chi connectivity index (χ0v) is 21.3. The summed E-state index contributed by atoms with van der Waals surface area (Å²) in [6.45, 7) is 1.91. The maximum atomic E-state index is 13.2. The van der Waals surface area contributed by atoms with Crippen LogP contribution in [0.15, 0.2) is 49.1 Å². The van der Waals surface area contributed by atoms with Crippen molar-refractivity contribution >= 4 is 91.1 Å². The molecule has 16 heteroatoms. The lowest BCUT2D eigenvalue weighted by Crippen LogP contribution is -2.60. The third kappa shape index (κ3) is 3.97. The molecule has 1 saturated heterocycles. The highest BCUT2D eigenvalue weighted by Crippen LogP contribution is 2.63. The van der Waals surface area contributed by atoms with Crippen molar-refractivity contribution in [2.75, 3.05) is 10.2 Å². The highest BCUT2D eigenvalue weighted by Gasteiger charge is 2.63. The number of carbonyl (C=O) groups is 1. The third-order valence-corrected chi connectivity index (χ3v) is 7.31. The number of hydrogen-bond donors (Lipinski definition) is 1. The number of rotatable bonds is 4. The van der Waals surface area contributed by atoms with Gasteiger partial charge in [0, 0.05) is 36.6 Å². The maximum absolute atomic E-state index is 13.2. The van der Waals surface area contributed by atoms with E-state index in [0.29, 0.717) is 5.82 Å². The molecule has 1 fully saturated rings. The highest BCUT2D eigenvalue weighted by molar-refractivity contribution is 6.69. The van der Waals surface area contributed by atoms with Crippen LogP contribution in [-0.2, 0) is 7.05 Å². The number of aryl methyl sites for hydroxylation is 1. The molecular weight excluding hydrogens is 477 g/mol. The van der Waals surface area contributed by atoms with E-state index in [0.717, 1.165) is 32.9 Å². The molecule has 1 aliphatic rings. The molecule has 39 heavy (non-hydrogen) atoms. The summed E-state index contributed by atoms with van der Waals surface area (Å²) < 4.78 is 1.94. The lowest BCUT2D eigenvalue weighted by molar-refractivity contribution is 0.102. The number of pyridine rings is 3. The standard InChI is InChI=1S/C23H15B8N7O/c1-11-33-10-16(37(11)2)15-5-13-6-17(35-9-14(13)8-34-15)36-19(39)12-3-4-32-18(7-12)38-22(28,29)20(24,25)21(26,27)23(38,30)31/h3-10H,1-2H3,(H,35,36,39). The highest BCUT2D eigenvalue weighted by atomic mass is 16.1. The van der Waals surface area contributed by atoms with E-state index in [2.05, 4.69) is 25.3 Å². The Hall–Kier alpha value is -3.29.